The highest BCUT2D eigenvalue weighted by Crippen LogP contribution is 2.20. The first-order chi connectivity index (χ1) is 11.0. The highest BCUT2D eigenvalue weighted by Gasteiger charge is 2.17. The molecule has 0 aromatic heterocycles. The first-order valence-electron chi connectivity index (χ1n) is 8.09. The molecule has 1 aliphatic rings. The Hall–Kier alpha value is -0.730. The van der Waals surface area contributed by atoms with Crippen LogP contribution < -0.4 is 4.90 Å². The van der Waals surface area contributed by atoms with E-state index in [0.717, 1.165) is 50.3 Å². The molecule has 1 aliphatic heterocycles. The van der Waals surface area contributed by atoms with Crippen molar-refractivity contribution in [1.29, 1.82) is 0 Å². The highest BCUT2D eigenvalue weighted by molar-refractivity contribution is 14.0. The van der Waals surface area contributed by atoms with E-state index in [-0.39, 0.29) is 24.0 Å². The zero-order valence-corrected chi connectivity index (χ0v) is 18.2. The van der Waals surface area contributed by atoms with E-state index >= 15 is 0 Å². The van der Waals surface area contributed by atoms with Crippen LogP contribution in [0.25, 0.3) is 0 Å². The number of aliphatic imine (C=N–C) groups is 1. The molecule has 1 fully saturated rings. The van der Waals surface area contributed by atoms with E-state index in [1.54, 1.807) is 0 Å². The lowest BCUT2D eigenvalue weighted by Crippen LogP contribution is -2.47. The van der Waals surface area contributed by atoms with Crippen LogP contribution in [0.1, 0.15) is 0 Å². The Morgan fingerprint density at radius 3 is 2.25 bits per heavy atom. The highest BCUT2D eigenvalue weighted by atomic mass is 127. The minimum atomic E-state index is 0. The Morgan fingerprint density at radius 1 is 1.08 bits per heavy atom. The predicted molar refractivity (Wildman–Crippen MR) is 115 cm³/mol. The standard InChI is InChI=1S/C17H28ClN5.HI/c1-20(2)17(21(3)4)19-8-9-22-10-12-23(13-11-22)16-7-5-6-15(18)14-16;/h5-7,14H,8-13H2,1-4H3;1H. The third-order valence-electron chi connectivity index (χ3n) is 4.02. The van der Waals surface area contributed by atoms with Crippen LogP contribution in [0.4, 0.5) is 5.69 Å². The van der Waals surface area contributed by atoms with Crippen molar-refractivity contribution in [3.63, 3.8) is 0 Å². The lowest BCUT2D eigenvalue weighted by Gasteiger charge is -2.36. The summed E-state index contributed by atoms with van der Waals surface area (Å²) in [5, 5.41) is 0.805. The van der Waals surface area contributed by atoms with Crippen molar-refractivity contribution in [3.8, 4) is 0 Å². The molecule has 5 nitrogen and oxygen atoms in total. The number of hydrogen-bond acceptors (Lipinski definition) is 3. The molecule has 24 heavy (non-hydrogen) atoms. The maximum Gasteiger partial charge on any atom is 0.195 e. The molecule has 0 atom stereocenters. The fourth-order valence-corrected chi connectivity index (χ4v) is 3.06. The van der Waals surface area contributed by atoms with Gasteiger partial charge in [-0.3, -0.25) is 9.89 Å². The van der Waals surface area contributed by atoms with Crippen LogP contribution in [0.2, 0.25) is 5.02 Å². The number of guanidine groups is 1. The minimum Gasteiger partial charge on any atom is -0.369 e. The summed E-state index contributed by atoms with van der Waals surface area (Å²) in [6.45, 7) is 6.07. The fraction of sp³-hybridized carbons (Fsp3) is 0.588. The monoisotopic (exact) mass is 465 g/mol. The Bertz CT molecular complexity index is 517. The summed E-state index contributed by atoms with van der Waals surface area (Å²) in [5.41, 5.74) is 1.22. The quantitative estimate of drug-likeness (QED) is 0.388. The zero-order valence-electron chi connectivity index (χ0n) is 15.1. The van der Waals surface area contributed by atoms with E-state index in [9.17, 15) is 0 Å². The Labute approximate surface area is 168 Å². The van der Waals surface area contributed by atoms with Gasteiger partial charge in [-0.1, -0.05) is 17.7 Å². The van der Waals surface area contributed by atoms with E-state index in [0.29, 0.717) is 0 Å². The molecule has 0 unspecified atom stereocenters. The summed E-state index contributed by atoms with van der Waals surface area (Å²) in [6.07, 6.45) is 0. The molecule has 0 radical (unpaired) electrons. The Morgan fingerprint density at radius 2 is 1.71 bits per heavy atom. The summed E-state index contributed by atoms with van der Waals surface area (Å²) in [6, 6.07) is 8.11. The maximum atomic E-state index is 6.08. The Kier molecular flexibility index (Phi) is 9.15. The molecule has 0 saturated carbocycles. The molecule has 0 spiro atoms. The first kappa shape index (κ1) is 21.3. The normalized spacial score (nSPS) is 14.8. The van der Waals surface area contributed by atoms with E-state index in [4.69, 9.17) is 16.6 Å². The van der Waals surface area contributed by atoms with Crippen molar-refractivity contribution in [2.45, 2.75) is 0 Å². The second-order valence-corrected chi connectivity index (χ2v) is 6.72. The van der Waals surface area contributed by atoms with Gasteiger partial charge in [-0.2, -0.15) is 0 Å². The van der Waals surface area contributed by atoms with E-state index in [1.165, 1.54) is 5.69 Å². The van der Waals surface area contributed by atoms with Crippen LogP contribution in [0.15, 0.2) is 29.3 Å². The van der Waals surface area contributed by atoms with E-state index in [1.807, 2.05) is 46.4 Å². The van der Waals surface area contributed by atoms with Gasteiger partial charge in [0.05, 0.1) is 6.54 Å². The molecular formula is C17H29ClIN5. The molecule has 136 valence electrons. The third-order valence-corrected chi connectivity index (χ3v) is 4.25. The van der Waals surface area contributed by atoms with Crippen LogP contribution >= 0.6 is 35.6 Å². The van der Waals surface area contributed by atoms with Crippen molar-refractivity contribution < 1.29 is 0 Å². The number of nitrogens with zero attached hydrogens (tertiary/aromatic N) is 5. The molecular weight excluding hydrogens is 437 g/mol. The van der Waals surface area contributed by atoms with E-state index < -0.39 is 0 Å². The SMILES string of the molecule is CN(C)C(=NCCN1CCN(c2cccc(Cl)c2)CC1)N(C)C.I. The molecule has 0 bridgehead atoms. The lowest BCUT2D eigenvalue weighted by molar-refractivity contribution is 0.264. The van der Waals surface area contributed by atoms with Crippen molar-refractivity contribution in [2.75, 3.05) is 72.4 Å². The molecule has 1 heterocycles. The van der Waals surface area contributed by atoms with Gasteiger partial charge >= 0.3 is 0 Å². The smallest absolute Gasteiger partial charge is 0.195 e. The molecule has 1 aromatic carbocycles. The van der Waals surface area contributed by atoms with Crippen molar-refractivity contribution in [3.05, 3.63) is 29.3 Å². The number of hydrogen-bond donors (Lipinski definition) is 0. The van der Waals surface area contributed by atoms with Crippen molar-refractivity contribution in [1.82, 2.24) is 14.7 Å². The van der Waals surface area contributed by atoms with Gasteiger partial charge in [-0.25, -0.2) is 0 Å². The minimum absolute atomic E-state index is 0. The summed E-state index contributed by atoms with van der Waals surface area (Å²) in [5.74, 6) is 1.02. The van der Waals surface area contributed by atoms with Gasteiger partial charge in [0.1, 0.15) is 0 Å². The molecule has 0 aliphatic carbocycles. The van der Waals surface area contributed by atoms with Gasteiger partial charge in [0, 0.05) is 71.6 Å². The molecule has 0 N–H and O–H groups in total. The van der Waals surface area contributed by atoms with Gasteiger partial charge in [0.25, 0.3) is 0 Å². The van der Waals surface area contributed by atoms with Crippen molar-refractivity contribution in [2.24, 2.45) is 4.99 Å². The second-order valence-electron chi connectivity index (χ2n) is 6.28. The predicted octanol–water partition coefficient (Wildman–Crippen LogP) is 2.56. The van der Waals surface area contributed by atoms with Crippen LogP contribution in [-0.4, -0.2) is 88.1 Å². The van der Waals surface area contributed by atoms with Gasteiger partial charge in [-0.05, 0) is 18.2 Å². The second kappa shape index (κ2) is 10.3. The summed E-state index contributed by atoms with van der Waals surface area (Å²) in [7, 11) is 8.12. The van der Waals surface area contributed by atoms with Crippen LogP contribution in [0.3, 0.4) is 0 Å². The number of anilines is 1. The number of piperazine rings is 1. The van der Waals surface area contributed by atoms with Gasteiger partial charge in [-0.15, -0.1) is 24.0 Å². The molecule has 1 aromatic rings. The Balaban J connectivity index is 0.00000288. The number of benzene rings is 1. The molecule has 1 saturated heterocycles. The van der Waals surface area contributed by atoms with Gasteiger partial charge in [0.15, 0.2) is 5.96 Å². The van der Waals surface area contributed by atoms with E-state index in [2.05, 4.69) is 25.7 Å². The van der Waals surface area contributed by atoms with Crippen LogP contribution in [0.5, 0.6) is 0 Å². The summed E-state index contributed by atoms with van der Waals surface area (Å²) >= 11 is 6.08. The summed E-state index contributed by atoms with van der Waals surface area (Å²) < 4.78 is 0. The topological polar surface area (TPSA) is 25.3 Å². The summed E-state index contributed by atoms with van der Waals surface area (Å²) in [4.78, 5) is 13.7. The molecule has 7 heteroatoms. The number of halogens is 2. The fourth-order valence-electron chi connectivity index (χ4n) is 2.88. The lowest BCUT2D eigenvalue weighted by atomic mass is 10.2. The molecule has 2 rings (SSSR count). The van der Waals surface area contributed by atoms with Crippen LogP contribution in [0, 0.1) is 0 Å². The third kappa shape index (κ3) is 6.29. The maximum absolute atomic E-state index is 6.08. The number of rotatable bonds is 4. The largest absolute Gasteiger partial charge is 0.369 e. The van der Waals surface area contributed by atoms with Gasteiger partial charge in [0.2, 0.25) is 0 Å². The van der Waals surface area contributed by atoms with Crippen molar-refractivity contribution >= 4 is 47.2 Å². The average molecular weight is 466 g/mol. The van der Waals surface area contributed by atoms with Crippen LogP contribution in [-0.2, 0) is 0 Å². The first-order valence-corrected chi connectivity index (χ1v) is 8.47. The van der Waals surface area contributed by atoms with Gasteiger partial charge < -0.3 is 14.7 Å². The molecule has 0 amide bonds. The average Bonchev–Trinajstić information content (AvgIpc) is 2.51. The zero-order chi connectivity index (χ0) is 16.8.